The van der Waals surface area contributed by atoms with Crippen molar-refractivity contribution in [3.63, 3.8) is 0 Å². The van der Waals surface area contributed by atoms with Crippen LogP contribution in [-0.2, 0) is 11.8 Å². The first-order valence-corrected chi connectivity index (χ1v) is 7.44. The SMILES string of the molecule is COC(CNC(=O)c1cccn(C)c1=O)c1ccc(Cl)s1. The molecule has 0 aromatic carbocycles. The lowest BCUT2D eigenvalue weighted by atomic mass is 10.2. The van der Waals surface area contributed by atoms with E-state index in [0.717, 1.165) is 4.88 Å². The number of aryl methyl sites for hydroxylation is 1. The fourth-order valence-corrected chi connectivity index (χ4v) is 2.99. The molecule has 0 saturated carbocycles. The van der Waals surface area contributed by atoms with Gasteiger partial charge in [-0.1, -0.05) is 11.6 Å². The van der Waals surface area contributed by atoms with Gasteiger partial charge in [-0.05, 0) is 24.3 Å². The van der Waals surface area contributed by atoms with E-state index in [-0.39, 0.29) is 23.8 Å². The van der Waals surface area contributed by atoms with Crippen LogP contribution in [0, 0.1) is 0 Å². The third kappa shape index (κ3) is 3.72. The van der Waals surface area contributed by atoms with Crippen LogP contribution in [0.5, 0.6) is 0 Å². The molecule has 2 heterocycles. The normalized spacial score (nSPS) is 12.1. The minimum atomic E-state index is -0.416. The molecule has 1 atom stereocenters. The van der Waals surface area contributed by atoms with Crippen molar-refractivity contribution in [1.82, 2.24) is 9.88 Å². The maximum absolute atomic E-state index is 12.1. The highest BCUT2D eigenvalue weighted by molar-refractivity contribution is 7.16. The molecule has 5 nitrogen and oxygen atoms in total. The van der Waals surface area contributed by atoms with Crippen LogP contribution in [0.1, 0.15) is 21.3 Å². The highest BCUT2D eigenvalue weighted by Gasteiger charge is 2.16. The van der Waals surface area contributed by atoms with Gasteiger partial charge >= 0.3 is 0 Å². The second kappa shape index (κ2) is 6.89. The van der Waals surface area contributed by atoms with Crippen LogP contribution in [0.2, 0.25) is 4.34 Å². The van der Waals surface area contributed by atoms with Crippen molar-refractivity contribution in [2.75, 3.05) is 13.7 Å². The van der Waals surface area contributed by atoms with Gasteiger partial charge in [0.2, 0.25) is 0 Å². The molecular weight excluding hydrogens is 312 g/mol. The molecule has 1 N–H and O–H groups in total. The Bertz CT molecular complexity index is 696. The number of amides is 1. The average Bonchev–Trinajstić information content (AvgIpc) is 2.89. The summed E-state index contributed by atoms with van der Waals surface area (Å²) in [7, 11) is 3.16. The Morgan fingerprint density at radius 1 is 1.48 bits per heavy atom. The molecule has 1 amide bonds. The number of carbonyl (C=O) groups excluding carboxylic acids is 1. The van der Waals surface area contributed by atoms with Gasteiger partial charge in [0.1, 0.15) is 11.7 Å². The van der Waals surface area contributed by atoms with Gasteiger partial charge in [0.25, 0.3) is 11.5 Å². The van der Waals surface area contributed by atoms with Gasteiger partial charge in [-0.25, -0.2) is 0 Å². The molecule has 21 heavy (non-hydrogen) atoms. The summed E-state index contributed by atoms with van der Waals surface area (Å²) in [5, 5.41) is 2.71. The number of hydrogen-bond donors (Lipinski definition) is 1. The Morgan fingerprint density at radius 3 is 2.86 bits per heavy atom. The first-order chi connectivity index (χ1) is 10.0. The van der Waals surface area contributed by atoms with Gasteiger partial charge in [0.15, 0.2) is 0 Å². The van der Waals surface area contributed by atoms with E-state index in [1.165, 1.54) is 22.0 Å². The third-order valence-corrected chi connectivity index (χ3v) is 4.34. The number of nitrogens with zero attached hydrogens (tertiary/aromatic N) is 1. The maximum atomic E-state index is 12.1. The Balaban J connectivity index is 2.06. The molecular formula is C14H15ClN2O3S. The van der Waals surface area contributed by atoms with Crippen molar-refractivity contribution in [3.05, 3.63) is 55.6 Å². The monoisotopic (exact) mass is 326 g/mol. The summed E-state index contributed by atoms with van der Waals surface area (Å²) < 4.78 is 7.37. The van der Waals surface area contributed by atoms with E-state index in [0.29, 0.717) is 4.34 Å². The Hall–Kier alpha value is -1.63. The molecule has 0 aliphatic heterocycles. The number of pyridine rings is 1. The molecule has 112 valence electrons. The zero-order valence-corrected chi connectivity index (χ0v) is 13.2. The van der Waals surface area contributed by atoms with Crippen molar-refractivity contribution < 1.29 is 9.53 Å². The van der Waals surface area contributed by atoms with Crippen LogP contribution in [-0.4, -0.2) is 24.1 Å². The molecule has 1 unspecified atom stereocenters. The van der Waals surface area contributed by atoms with E-state index in [1.807, 2.05) is 6.07 Å². The van der Waals surface area contributed by atoms with E-state index in [1.54, 1.807) is 32.5 Å². The van der Waals surface area contributed by atoms with Gasteiger partial charge in [-0.2, -0.15) is 0 Å². The van der Waals surface area contributed by atoms with Crippen molar-refractivity contribution in [2.24, 2.45) is 7.05 Å². The summed E-state index contributed by atoms with van der Waals surface area (Å²) in [5.41, 5.74) is -0.220. The molecule has 2 aromatic heterocycles. The molecule has 2 rings (SSSR count). The average molecular weight is 327 g/mol. The second-order valence-electron chi connectivity index (χ2n) is 4.41. The van der Waals surface area contributed by atoms with E-state index in [4.69, 9.17) is 16.3 Å². The molecule has 0 fully saturated rings. The third-order valence-electron chi connectivity index (χ3n) is 3.01. The maximum Gasteiger partial charge on any atom is 0.263 e. The van der Waals surface area contributed by atoms with Crippen LogP contribution >= 0.6 is 22.9 Å². The van der Waals surface area contributed by atoms with Gasteiger partial charge in [-0.3, -0.25) is 9.59 Å². The summed E-state index contributed by atoms with van der Waals surface area (Å²) >= 11 is 7.29. The molecule has 2 aromatic rings. The van der Waals surface area contributed by atoms with E-state index in [9.17, 15) is 9.59 Å². The van der Waals surface area contributed by atoms with Crippen molar-refractivity contribution in [3.8, 4) is 0 Å². The molecule has 0 radical (unpaired) electrons. The summed E-state index contributed by atoms with van der Waals surface area (Å²) in [6, 6.07) is 6.79. The predicted molar refractivity (Wildman–Crippen MR) is 83.1 cm³/mol. The molecule has 0 bridgehead atoms. The largest absolute Gasteiger partial charge is 0.374 e. The molecule has 7 heteroatoms. The summed E-state index contributed by atoms with van der Waals surface area (Å²) in [6.45, 7) is 0.268. The highest BCUT2D eigenvalue weighted by atomic mass is 35.5. The van der Waals surface area contributed by atoms with Crippen LogP contribution in [0.15, 0.2) is 35.3 Å². The Kier molecular flexibility index (Phi) is 5.17. The number of rotatable bonds is 5. The van der Waals surface area contributed by atoms with Crippen LogP contribution in [0.25, 0.3) is 0 Å². The lowest BCUT2D eigenvalue weighted by molar-refractivity contribution is 0.0836. The van der Waals surface area contributed by atoms with Crippen molar-refractivity contribution in [2.45, 2.75) is 6.10 Å². The predicted octanol–water partition coefficient (Wildman–Crippen LogP) is 2.22. The number of methoxy groups -OCH3 is 1. The number of hydrogen-bond acceptors (Lipinski definition) is 4. The summed E-state index contributed by atoms with van der Waals surface area (Å²) in [4.78, 5) is 24.8. The quantitative estimate of drug-likeness (QED) is 0.916. The van der Waals surface area contributed by atoms with Gasteiger partial charge in [0, 0.05) is 31.8 Å². The molecule has 0 spiro atoms. The van der Waals surface area contributed by atoms with E-state index in [2.05, 4.69) is 5.32 Å². The number of halogens is 1. The van der Waals surface area contributed by atoms with Gasteiger partial charge in [0.05, 0.1) is 4.34 Å². The smallest absolute Gasteiger partial charge is 0.263 e. The number of carbonyl (C=O) groups is 1. The zero-order valence-electron chi connectivity index (χ0n) is 11.6. The second-order valence-corrected chi connectivity index (χ2v) is 6.16. The fourth-order valence-electron chi connectivity index (χ4n) is 1.85. The zero-order chi connectivity index (χ0) is 15.4. The van der Waals surface area contributed by atoms with Crippen LogP contribution in [0.3, 0.4) is 0 Å². The van der Waals surface area contributed by atoms with Crippen LogP contribution in [0.4, 0.5) is 0 Å². The lowest BCUT2D eigenvalue weighted by Crippen LogP contribution is -2.34. The minimum absolute atomic E-state index is 0.110. The topological polar surface area (TPSA) is 60.3 Å². The number of thiophene rings is 1. The number of aromatic nitrogens is 1. The summed E-state index contributed by atoms with van der Waals surface area (Å²) in [6.07, 6.45) is 1.31. The lowest BCUT2D eigenvalue weighted by Gasteiger charge is -2.14. The summed E-state index contributed by atoms with van der Waals surface area (Å²) in [5.74, 6) is -0.416. The number of nitrogens with one attached hydrogen (secondary N) is 1. The van der Waals surface area contributed by atoms with E-state index >= 15 is 0 Å². The van der Waals surface area contributed by atoms with Crippen molar-refractivity contribution >= 4 is 28.8 Å². The molecule has 0 aliphatic rings. The fraction of sp³-hybridized carbons (Fsp3) is 0.286. The Morgan fingerprint density at radius 2 is 2.24 bits per heavy atom. The highest BCUT2D eigenvalue weighted by Crippen LogP contribution is 2.28. The first-order valence-electron chi connectivity index (χ1n) is 6.24. The number of ether oxygens (including phenoxy) is 1. The molecule has 0 aliphatic carbocycles. The minimum Gasteiger partial charge on any atom is -0.374 e. The Labute approximate surface area is 131 Å². The van der Waals surface area contributed by atoms with Crippen molar-refractivity contribution in [1.29, 1.82) is 0 Å². The van der Waals surface area contributed by atoms with Crippen LogP contribution < -0.4 is 10.9 Å². The molecule has 0 saturated heterocycles. The first kappa shape index (κ1) is 15.8. The van der Waals surface area contributed by atoms with Gasteiger partial charge in [-0.15, -0.1) is 11.3 Å². The standard InChI is InChI=1S/C14H15ClN2O3S/c1-17-7-3-4-9(14(17)19)13(18)16-8-10(20-2)11-5-6-12(15)21-11/h3-7,10H,8H2,1-2H3,(H,16,18). The van der Waals surface area contributed by atoms with E-state index < -0.39 is 5.91 Å². The van der Waals surface area contributed by atoms with Gasteiger partial charge < -0.3 is 14.6 Å².